The van der Waals surface area contributed by atoms with Crippen LogP contribution in [0.4, 0.5) is 0 Å². The van der Waals surface area contributed by atoms with Crippen molar-refractivity contribution in [3.63, 3.8) is 0 Å². The van der Waals surface area contributed by atoms with Crippen LogP contribution in [0, 0.1) is 17.8 Å². The van der Waals surface area contributed by atoms with E-state index in [0.717, 1.165) is 12.1 Å². The number of aliphatic hydroxyl groups excluding tert-OH is 2. The first-order valence-electron chi connectivity index (χ1n) is 14.4. The number of benzene rings is 2. The number of carbonyl (C=O) groups is 3. The highest BCUT2D eigenvalue weighted by molar-refractivity contribution is 6.24. The molecule has 1 amide bonds. The molecular formula is C32H35N3O8. The molecule has 4 aliphatic rings. The molecule has 0 aromatic heterocycles. The lowest BCUT2D eigenvalue weighted by Gasteiger charge is -2.48. The monoisotopic (exact) mass is 589 g/mol. The van der Waals surface area contributed by atoms with Crippen LogP contribution >= 0.6 is 0 Å². The average Bonchev–Trinajstić information content (AvgIpc) is 3.78. The molecule has 2 aromatic carbocycles. The van der Waals surface area contributed by atoms with E-state index in [-0.39, 0.29) is 29.7 Å². The molecule has 0 radical (unpaired) electrons. The number of amides is 1. The number of nitrogens with zero attached hydrogens (tertiary/aromatic N) is 1. The third-order valence-electron chi connectivity index (χ3n) is 9.34. The van der Waals surface area contributed by atoms with Gasteiger partial charge in [0.2, 0.25) is 5.78 Å². The van der Waals surface area contributed by atoms with E-state index in [2.05, 4.69) is 17.0 Å². The van der Waals surface area contributed by atoms with Crippen molar-refractivity contribution in [1.29, 1.82) is 0 Å². The van der Waals surface area contributed by atoms with Crippen molar-refractivity contribution in [1.82, 2.24) is 4.90 Å². The molecule has 226 valence electrons. The van der Waals surface area contributed by atoms with Crippen LogP contribution in [0.25, 0.3) is 5.76 Å². The van der Waals surface area contributed by atoms with Crippen molar-refractivity contribution in [2.24, 2.45) is 29.2 Å². The minimum atomic E-state index is -2.74. The highest BCUT2D eigenvalue weighted by atomic mass is 16.5. The second kappa shape index (κ2) is 10.5. The summed E-state index contributed by atoms with van der Waals surface area (Å²) in [5, 5.41) is 45.0. The maximum absolute atomic E-state index is 13.8. The number of hydrogen-bond donors (Lipinski definition) is 6. The molecule has 0 bridgehead atoms. The van der Waals surface area contributed by atoms with E-state index in [9.17, 15) is 34.8 Å². The Balaban J connectivity index is 1.42. The first kappa shape index (κ1) is 28.9. The highest BCUT2D eigenvalue weighted by Gasteiger charge is 2.63. The van der Waals surface area contributed by atoms with Crippen LogP contribution in [-0.4, -0.2) is 68.1 Å². The number of phenols is 1. The summed E-state index contributed by atoms with van der Waals surface area (Å²) in [6.45, 7) is 2.03. The fraction of sp³-hybridized carbons (Fsp3) is 0.406. The molecule has 2 saturated carbocycles. The van der Waals surface area contributed by atoms with Crippen LogP contribution in [-0.2, 0) is 33.9 Å². The summed E-state index contributed by atoms with van der Waals surface area (Å²) in [4.78, 5) is 40.9. The van der Waals surface area contributed by atoms with Gasteiger partial charge in [-0.2, -0.15) is 0 Å². The second-order valence-electron chi connectivity index (χ2n) is 12.1. The van der Waals surface area contributed by atoms with Gasteiger partial charge in [-0.05, 0) is 49.1 Å². The van der Waals surface area contributed by atoms with Gasteiger partial charge in [0.05, 0.1) is 18.7 Å². The zero-order valence-corrected chi connectivity index (χ0v) is 23.7. The summed E-state index contributed by atoms with van der Waals surface area (Å²) < 4.78 is 5.86. The van der Waals surface area contributed by atoms with Crippen LogP contribution in [0.5, 0.6) is 11.5 Å². The third-order valence-corrected chi connectivity index (χ3v) is 9.34. The van der Waals surface area contributed by atoms with E-state index in [1.54, 1.807) is 0 Å². The second-order valence-corrected chi connectivity index (χ2v) is 12.1. The lowest BCUT2D eigenvalue weighted by atomic mass is 9.58. The Morgan fingerprint density at radius 1 is 1.12 bits per heavy atom. The lowest BCUT2D eigenvalue weighted by Crippen LogP contribution is -2.65. The van der Waals surface area contributed by atoms with Crippen LogP contribution < -0.4 is 16.2 Å². The van der Waals surface area contributed by atoms with E-state index in [1.165, 1.54) is 26.0 Å². The summed E-state index contributed by atoms with van der Waals surface area (Å²) in [5.41, 5.74) is 9.83. The Morgan fingerprint density at radius 3 is 2.44 bits per heavy atom. The van der Waals surface area contributed by atoms with Gasteiger partial charge in [-0.25, -0.2) is 0 Å². The molecule has 2 fully saturated rings. The molecule has 0 aliphatic heterocycles. The number of fused-ring (bicyclic) bond motifs is 3. The smallest absolute Gasteiger partial charge is 0.255 e. The number of carbonyl (C=O) groups excluding carboxylic acids is 3. The SMILES string of the molecule is COc1c(CN(Cc2ccccc2)CC2CC2)cc(O)c2c1C[C@H]1C[C@H]3[C@H](N)C(=O)C(C(N)=O)=C(O)[C@@]3(O)C(=O)C1=C2O. The predicted octanol–water partition coefficient (Wildman–Crippen LogP) is 1.78. The average molecular weight is 590 g/mol. The number of ketones is 2. The van der Waals surface area contributed by atoms with Gasteiger partial charge in [-0.3, -0.25) is 19.3 Å². The first-order valence-corrected chi connectivity index (χ1v) is 14.4. The lowest BCUT2D eigenvalue weighted by molar-refractivity contribution is -0.149. The third kappa shape index (κ3) is 4.59. The summed E-state index contributed by atoms with van der Waals surface area (Å²) >= 11 is 0. The Labute approximate surface area is 248 Å². The molecule has 4 atom stereocenters. The van der Waals surface area contributed by atoms with Crippen molar-refractivity contribution in [3.8, 4) is 11.5 Å². The van der Waals surface area contributed by atoms with Gasteiger partial charge in [0, 0.05) is 42.3 Å². The van der Waals surface area contributed by atoms with Gasteiger partial charge in [0.1, 0.15) is 28.6 Å². The Morgan fingerprint density at radius 2 is 1.81 bits per heavy atom. The zero-order valence-electron chi connectivity index (χ0n) is 23.7. The van der Waals surface area contributed by atoms with Crippen LogP contribution in [0.2, 0.25) is 0 Å². The molecule has 8 N–H and O–H groups in total. The van der Waals surface area contributed by atoms with Crippen molar-refractivity contribution >= 4 is 23.2 Å². The number of ether oxygens (including phenoxy) is 1. The van der Waals surface area contributed by atoms with E-state index < -0.39 is 58.0 Å². The number of Topliss-reactive ketones (excluding diaryl/α,β-unsaturated/α-hetero) is 2. The van der Waals surface area contributed by atoms with Gasteiger partial charge in [-0.15, -0.1) is 0 Å². The standard InChI is InChI=1S/C32H35N3O8/c1-43-28-18(14-35(13-16-7-8-16)12-15-5-3-2-4-6-15)11-21(36)23-19(28)9-17-10-20-25(33)27(38)24(31(34)41)30(40)32(20,42)29(39)22(17)26(23)37/h2-6,11,16-17,20,25,36-37,40,42H,7-10,12-14,33H2,1H3,(H2,34,41)/t17-,20-,25-,32-/m0/s1. The number of nitrogens with two attached hydrogens (primary N) is 2. The topological polar surface area (TPSA) is 197 Å². The molecule has 11 nitrogen and oxygen atoms in total. The molecule has 2 aromatic rings. The summed E-state index contributed by atoms with van der Waals surface area (Å²) in [7, 11) is 1.50. The van der Waals surface area contributed by atoms with Crippen molar-refractivity contribution in [2.45, 2.75) is 50.4 Å². The number of rotatable bonds is 8. The maximum Gasteiger partial charge on any atom is 0.255 e. The van der Waals surface area contributed by atoms with Gasteiger partial charge >= 0.3 is 0 Å². The molecule has 11 heteroatoms. The van der Waals surface area contributed by atoms with Crippen LogP contribution in [0.15, 0.2) is 53.3 Å². The summed E-state index contributed by atoms with van der Waals surface area (Å²) in [6.07, 6.45) is 2.39. The molecule has 43 heavy (non-hydrogen) atoms. The van der Waals surface area contributed by atoms with E-state index in [4.69, 9.17) is 16.2 Å². The number of methoxy groups -OCH3 is 1. The van der Waals surface area contributed by atoms with Crippen LogP contribution in [0.1, 0.15) is 41.5 Å². The highest BCUT2D eigenvalue weighted by Crippen LogP contribution is 2.53. The Kier molecular flexibility index (Phi) is 7.07. The molecule has 0 heterocycles. The quantitative estimate of drug-likeness (QED) is 0.247. The molecule has 0 saturated heterocycles. The number of phenolic OH excluding ortho intramolecular Hbond substituents is 1. The summed E-state index contributed by atoms with van der Waals surface area (Å²) in [5.74, 6) is -6.33. The van der Waals surface area contributed by atoms with Crippen molar-refractivity contribution in [3.05, 3.63) is 75.6 Å². The van der Waals surface area contributed by atoms with E-state index in [1.807, 2.05) is 18.2 Å². The predicted molar refractivity (Wildman–Crippen MR) is 155 cm³/mol. The maximum atomic E-state index is 13.8. The fourth-order valence-corrected chi connectivity index (χ4v) is 7.13. The normalized spacial score (nSPS) is 26.7. The van der Waals surface area contributed by atoms with E-state index >= 15 is 0 Å². The summed E-state index contributed by atoms with van der Waals surface area (Å²) in [6, 6.07) is 10.1. The molecule has 0 unspecified atom stereocenters. The van der Waals surface area contributed by atoms with Gasteiger partial charge in [-0.1, -0.05) is 30.3 Å². The van der Waals surface area contributed by atoms with Gasteiger partial charge in [0.25, 0.3) is 5.91 Å². The van der Waals surface area contributed by atoms with E-state index in [0.29, 0.717) is 35.9 Å². The molecular weight excluding hydrogens is 554 g/mol. The number of aliphatic hydroxyl groups is 3. The molecule has 4 aliphatic carbocycles. The minimum absolute atomic E-state index is 0.00571. The van der Waals surface area contributed by atoms with Crippen LogP contribution in [0.3, 0.4) is 0 Å². The van der Waals surface area contributed by atoms with Gasteiger partial charge < -0.3 is 36.6 Å². The van der Waals surface area contributed by atoms with Gasteiger partial charge in [0.15, 0.2) is 11.4 Å². The minimum Gasteiger partial charge on any atom is -0.508 e. The Hall–Kier alpha value is -4.19. The molecule has 0 spiro atoms. The van der Waals surface area contributed by atoms with Crippen molar-refractivity contribution in [2.75, 3.05) is 13.7 Å². The fourth-order valence-electron chi connectivity index (χ4n) is 7.13. The number of primary amides is 1. The largest absolute Gasteiger partial charge is 0.508 e. The van der Waals surface area contributed by atoms with Crippen molar-refractivity contribution < 1.29 is 39.5 Å². The zero-order chi connectivity index (χ0) is 30.8. The first-order chi connectivity index (χ1) is 20.5. The molecule has 6 rings (SSSR count). The Bertz CT molecular complexity index is 1600. The number of aromatic hydroxyl groups is 1. The number of hydrogen-bond acceptors (Lipinski definition) is 10.